The molecule has 0 radical (unpaired) electrons. The fraction of sp³-hybridized carbons (Fsp3) is 0.692. The van der Waals surface area contributed by atoms with Crippen LogP contribution in [0.25, 0.3) is 0 Å². The van der Waals surface area contributed by atoms with Crippen LogP contribution < -0.4 is 10.6 Å². The number of aliphatic hydroxyl groups is 1. The van der Waals surface area contributed by atoms with Gasteiger partial charge in [0.1, 0.15) is 0 Å². The van der Waals surface area contributed by atoms with E-state index in [0.29, 0.717) is 37.3 Å². The highest BCUT2D eigenvalue weighted by atomic mass is 16.5. The average molecular weight is 283 g/mol. The Labute approximate surface area is 118 Å². The Morgan fingerprint density at radius 3 is 2.80 bits per heavy atom. The Morgan fingerprint density at radius 2 is 2.15 bits per heavy atom. The maximum atomic E-state index is 11.9. The van der Waals surface area contributed by atoms with Gasteiger partial charge in [-0.05, 0) is 19.8 Å². The lowest BCUT2D eigenvalue weighted by molar-refractivity contribution is -0.138. The fourth-order valence-electron chi connectivity index (χ4n) is 2.38. The Hall–Kier alpha value is -1.60. The summed E-state index contributed by atoms with van der Waals surface area (Å²) < 4.78 is 5.01. The quantitative estimate of drug-likeness (QED) is 0.609. The van der Waals surface area contributed by atoms with Gasteiger partial charge in [-0.15, -0.1) is 0 Å². The van der Waals surface area contributed by atoms with Crippen LogP contribution in [-0.4, -0.2) is 60.9 Å². The second-order valence-electron chi connectivity index (χ2n) is 4.99. The molecule has 0 bridgehead atoms. The Morgan fingerprint density at radius 1 is 1.45 bits per heavy atom. The smallest absolute Gasteiger partial charge is 0.337 e. The molecule has 7 nitrogen and oxygen atoms in total. The highest BCUT2D eigenvalue weighted by molar-refractivity contribution is 5.93. The van der Waals surface area contributed by atoms with Crippen molar-refractivity contribution in [3.63, 3.8) is 0 Å². The van der Waals surface area contributed by atoms with Gasteiger partial charge in [-0.2, -0.15) is 0 Å². The zero-order chi connectivity index (χ0) is 14.5. The highest BCUT2D eigenvalue weighted by Crippen LogP contribution is 2.14. The fourth-order valence-corrected chi connectivity index (χ4v) is 2.38. The number of aliphatic hydroxyl groups excluding tert-OH is 1. The van der Waals surface area contributed by atoms with Gasteiger partial charge in [-0.25, -0.2) is 9.59 Å². The molecule has 2 aliphatic heterocycles. The van der Waals surface area contributed by atoms with Gasteiger partial charge in [-0.3, -0.25) is 4.90 Å². The molecule has 1 fully saturated rings. The summed E-state index contributed by atoms with van der Waals surface area (Å²) in [5, 5.41) is 14.8. The number of esters is 1. The van der Waals surface area contributed by atoms with Gasteiger partial charge in [0.15, 0.2) is 0 Å². The van der Waals surface area contributed by atoms with E-state index in [0.717, 1.165) is 13.1 Å². The van der Waals surface area contributed by atoms with Gasteiger partial charge in [0.25, 0.3) is 0 Å². The number of ether oxygens (including phenoxy) is 1. The Kier molecular flexibility index (Phi) is 4.97. The van der Waals surface area contributed by atoms with E-state index < -0.39 is 5.97 Å². The van der Waals surface area contributed by atoms with Gasteiger partial charge in [0.2, 0.25) is 0 Å². The van der Waals surface area contributed by atoms with Crippen LogP contribution in [0.1, 0.15) is 19.8 Å². The zero-order valence-electron chi connectivity index (χ0n) is 11.6. The van der Waals surface area contributed by atoms with Crippen molar-refractivity contribution >= 4 is 12.0 Å². The molecule has 0 aromatic heterocycles. The maximum Gasteiger partial charge on any atom is 0.337 e. The van der Waals surface area contributed by atoms with E-state index in [-0.39, 0.29) is 18.7 Å². The number of hydrogen-bond donors (Lipinski definition) is 3. The SMILES string of the molecule is CCOC(=O)C1=C(CN2CCC(O)CC2)NC(=O)NC1. The number of amides is 2. The third-order valence-corrected chi connectivity index (χ3v) is 3.52. The van der Waals surface area contributed by atoms with Crippen molar-refractivity contribution in [2.24, 2.45) is 0 Å². The number of hydrogen-bond acceptors (Lipinski definition) is 5. The molecule has 2 amide bonds. The molecule has 0 spiro atoms. The van der Waals surface area contributed by atoms with Crippen LogP contribution in [0.4, 0.5) is 4.79 Å². The predicted octanol–water partition coefficient (Wildman–Crippen LogP) is -0.427. The van der Waals surface area contributed by atoms with Crippen molar-refractivity contribution in [2.45, 2.75) is 25.9 Å². The number of carbonyl (C=O) groups is 2. The van der Waals surface area contributed by atoms with Gasteiger partial charge < -0.3 is 20.5 Å². The van der Waals surface area contributed by atoms with E-state index in [4.69, 9.17) is 4.74 Å². The first-order valence-corrected chi connectivity index (χ1v) is 6.94. The van der Waals surface area contributed by atoms with Crippen LogP contribution in [0, 0.1) is 0 Å². The van der Waals surface area contributed by atoms with Crippen molar-refractivity contribution in [3.05, 3.63) is 11.3 Å². The van der Waals surface area contributed by atoms with Crippen LogP contribution in [0.15, 0.2) is 11.3 Å². The Bertz CT molecular complexity index is 414. The number of likely N-dealkylation sites (tertiary alicyclic amines) is 1. The lowest BCUT2D eigenvalue weighted by Crippen LogP contribution is -2.48. The number of carbonyl (C=O) groups excluding carboxylic acids is 2. The van der Waals surface area contributed by atoms with E-state index in [1.165, 1.54) is 0 Å². The molecule has 7 heteroatoms. The van der Waals surface area contributed by atoms with Crippen LogP contribution in [0.2, 0.25) is 0 Å². The number of piperidine rings is 1. The molecule has 2 heterocycles. The second-order valence-corrected chi connectivity index (χ2v) is 4.99. The predicted molar refractivity (Wildman–Crippen MR) is 71.9 cm³/mol. The van der Waals surface area contributed by atoms with Crippen LogP contribution in [-0.2, 0) is 9.53 Å². The summed E-state index contributed by atoms with van der Waals surface area (Å²) in [4.78, 5) is 25.4. The van der Waals surface area contributed by atoms with Crippen molar-refractivity contribution in [1.82, 2.24) is 15.5 Å². The number of rotatable bonds is 4. The summed E-state index contributed by atoms with van der Waals surface area (Å²) in [6.07, 6.45) is 1.19. The van der Waals surface area contributed by atoms with Crippen LogP contribution in [0.5, 0.6) is 0 Å². The minimum Gasteiger partial charge on any atom is -0.463 e. The summed E-state index contributed by atoms with van der Waals surface area (Å²) in [5.41, 5.74) is 1.07. The highest BCUT2D eigenvalue weighted by Gasteiger charge is 2.26. The standard InChI is InChI=1S/C13H21N3O4/c1-2-20-12(18)10-7-14-13(19)15-11(10)8-16-5-3-9(17)4-6-16/h9,17H,2-8H2,1H3,(H2,14,15,19). The van der Waals surface area contributed by atoms with Gasteiger partial charge in [-0.1, -0.05) is 0 Å². The van der Waals surface area contributed by atoms with Gasteiger partial charge >= 0.3 is 12.0 Å². The number of nitrogens with zero attached hydrogens (tertiary/aromatic N) is 1. The molecule has 0 aliphatic carbocycles. The van der Waals surface area contributed by atoms with E-state index in [2.05, 4.69) is 15.5 Å². The first-order chi connectivity index (χ1) is 9.60. The monoisotopic (exact) mass is 283 g/mol. The minimum absolute atomic E-state index is 0.191. The molecule has 0 saturated carbocycles. The van der Waals surface area contributed by atoms with Crippen molar-refractivity contribution < 1.29 is 19.4 Å². The van der Waals surface area contributed by atoms with Crippen molar-refractivity contribution in [2.75, 3.05) is 32.8 Å². The molecular formula is C13H21N3O4. The zero-order valence-corrected chi connectivity index (χ0v) is 11.6. The normalized spacial score (nSPS) is 21.4. The molecule has 1 saturated heterocycles. The number of nitrogens with one attached hydrogen (secondary N) is 2. The van der Waals surface area contributed by atoms with E-state index in [9.17, 15) is 14.7 Å². The lowest BCUT2D eigenvalue weighted by atomic mass is 10.1. The Balaban J connectivity index is 2.06. The van der Waals surface area contributed by atoms with E-state index in [1.807, 2.05) is 0 Å². The molecule has 0 unspecified atom stereocenters. The summed E-state index contributed by atoms with van der Waals surface area (Å²) in [6.45, 7) is 4.25. The van der Waals surface area contributed by atoms with Crippen LogP contribution >= 0.6 is 0 Å². The lowest BCUT2D eigenvalue weighted by Gasteiger charge is -2.32. The summed E-state index contributed by atoms with van der Waals surface area (Å²) in [6, 6.07) is -0.301. The third-order valence-electron chi connectivity index (χ3n) is 3.52. The first-order valence-electron chi connectivity index (χ1n) is 6.94. The molecule has 112 valence electrons. The number of urea groups is 1. The minimum atomic E-state index is -0.396. The van der Waals surface area contributed by atoms with Crippen molar-refractivity contribution in [3.8, 4) is 0 Å². The van der Waals surface area contributed by atoms with E-state index in [1.54, 1.807) is 6.92 Å². The topological polar surface area (TPSA) is 90.9 Å². The molecule has 2 aliphatic rings. The second kappa shape index (κ2) is 6.71. The largest absolute Gasteiger partial charge is 0.463 e. The molecular weight excluding hydrogens is 262 g/mol. The molecule has 0 atom stereocenters. The van der Waals surface area contributed by atoms with Gasteiger partial charge in [0.05, 0.1) is 24.8 Å². The third kappa shape index (κ3) is 3.71. The maximum absolute atomic E-state index is 11.9. The van der Waals surface area contributed by atoms with E-state index >= 15 is 0 Å². The summed E-state index contributed by atoms with van der Waals surface area (Å²) >= 11 is 0. The summed E-state index contributed by atoms with van der Waals surface area (Å²) in [5.74, 6) is -0.396. The molecule has 2 rings (SSSR count). The van der Waals surface area contributed by atoms with Crippen molar-refractivity contribution in [1.29, 1.82) is 0 Å². The molecule has 0 aromatic carbocycles. The molecule has 0 aromatic rings. The van der Waals surface area contributed by atoms with Crippen LogP contribution in [0.3, 0.4) is 0 Å². The average Bonchev–Trinajstić information content (AvgIpc) is 2.42. The molecule has 20 heavy (non-hydrogen) atoms. The first kappa shape index (κ1) is 14.8. The summed E-state index contributed by atoms with van der Waals surface area (Å²) in [7, 11) is 0. The molecule has 3 N–H and O–H groups in total. The van der Waals surface area contributed by atoms with Gasteiger partial charge in [0, 0.05) is 25.3 Å².